The number of carbonyl (C=O) groups is 2. The maximum Gasteiger partial charge on any atom is 0.420 e. The number of halogens is 3. The molecule has 2 amide bonds. The molecule has 2 aliphatic carbocycles. The first kappa shape index (κ1) is 24.7. The lowest BCUT2D eigenvalue weighted by molar-refractivity contribution is -0.159. The van der Waals surface area contributed by atoms with Crippen LogP contribution in [0.5, 0.6) is 0 Å². The van der Waals surface area contributed by atoms with Crippen LogP contribution < -0.4 is 5.32 Å². The number of rotatable bonds is 6. The molecule has 2 aromatic heterocycles. The van der Waals surface area contributed by atoms with E-state index in [1.165, 1.54) is 36.2 Å². The van der Waals surface area contributed by atoms with E-state index in [9.17, 15) is 27.0 Å². The topological polar surface area (TPSA) is 121 Å². The minimum Gasteiger partial charge on any atom is -0.342 e. The van der Waals surface area contributed by atoms with Gasteiger partial charge in [-0.1, -0.05) is 0 Å². The van der Waals surface area contributed by atoms with Crippen molar-refractivity contribution < 1.29 is 27.0 Å². The maximum atomic E-state index is 14.3. The van der Waals surface area contributed by atoms with Crippen molar-refractivity contribution in [1.29, 1.82) is 4.78 Å². The molecule has 13 heteroatoms. The van der Waals surface area contributed by atoms with Gasteiger partial charge in [-0.2, -0.15) is 18.3 Å². The molecule has 1 spiro atoms. The smallest absolute Gasteiger partial charge is 0.342 e. The van der Waals surface area contributed by atoms with Crippen LogP contribution in [0, 0.1) is 16.1 Å². The monoisotopic (exact) mass is 524 g/mol. The minimum absolute atomic E-state index is 0.00769. The zero-order chi connectivity index (χ0) is 26.0. The second-order valence-corrected chi connectivity index (χ2v) is 12.3. The van der Waals surface area contributed by atoms with Crippen LogP contribution in [0.4, 0.5) is 18.9 Å². The van der Waals surface area contributed by atoms with E-state index in [2.05, 4.69) is 15.4 Å². The highest BCUT2D eigenvalue weighted by Crippen LogP contribution is 2.54. The van der Waals surface area contributed by atoms with Crippen LogP contribution in [-0.4, -0.2) is 55.0 Å². The van der Waals surface area contributed by atoms with Crippen molar-refractivity contribution in [1.82, 2.24) is 19.7 Å². The Balaban J connectivity index is 1.49. The van der Waals surface area contributed by atoms with Gasteiger partial charge < -0.3 is 10.2 Å². The summed E-state index contributed by atoms with van der Waals surface area (Å²) in [6.45, 7) is 2.79. The SMILES string of the molecule is CC(=O)N1CC2(CCC2Cn2nc(C3CC3)c(C(F)(F)F)c2C(=O)Nc2ccnc([S@@](C)(=N)=O)c2)C1. The third-order valence-corrected chi connectivity index (χ3v) is 8.56. The molecule has 2 atom stereocenters. The Morgan fingerprint density at radius 1 is 1.28 bits per heavy atom. The van der Waals surface area contributed by atoms with Crippen molar-refractivity contribution >= 4 is 27.2 Å². The van der Waals surface area contributed by atoms with Crippen molar-refractivity contribution in [2.24, 2.45) is 11.3 Å². The Labute approximate surface area is 206 Å². The molecule has 2 N–H and O–H groups in total. The van der Waals surface area contributed by atoms with Gasteiger partial charge in [0.2, 0.25) is 5.91 Å². The lowest BCUT2D eigenvalue weighted by Gasteiger charge is -2.60. The highest BCUT2D eigenvalue weighted by molar-refractivity contribution is 7.91. The standard InChI is InChI=1S/C23H27F3N6O3S/c1-13(33)31-11-22(12-31)7-5-15(22)10-32-20(18(23(24,25)26)19(30-32)14-3-4-14)21(34)29-16-6-8-28-17(9-16)36(2,27)35/h6,8-9,14-15,27H,3-5,7,10-12H2,1-2H3,(H,28,29,34)/t15?,36-/m0/s1. The number of aromatic nitrogens is 3. The molecule has 1 unspecified atom stereocenters. The van der Waals surface area contributed by atoms with E-state index in [0.717, 1.165) is 12.8 Å². The number of amides is 2. The zero-order valence-corrected chi connectivity index (χ0v) is 20.7. The van der Waals surface area contributed by atoms with Crippen LogP contribution >= 0.6 is 0 Å². The number of pyridine rings is 1. The lowest BCUT2D eigenvalue weighted by atomic mass is 9.55. The molecule has 0 bridgehead atoms. The number of hydrogen-bond donors (Lipinski definition) is 2. The summed E-state index contributed by atoms with van der Waals surface area (Å²) in [7, 11) is -3.18. The van der Waals surface area contributed by atoms with Crippen LogP contribution in [0.2, 0.25) is 0 Å². The van der Waals surface area contributed by atoms with E-state index in [1.54, 1.807) is 4.90 Å². The van der Waals surface area contributed by atoms with Gasteiger partial charge in [0.05, 0.1) is 15.4 Å². The highest BCUT2D eigenvalue weighted by atomic mass is 32.2. The van der Waals surface area contributed by atoms with E-state index in [-0.39, 0.29) is 46.1 Å². The van der Waals surface area contributed by atoms with Crippen LogP contribution in [0.3, 0.4) is 0 Å². The van der Waals surface area contributed by atoms with Gasteiger partial charge in [0.25, 0.3) is 5.91 Å². The average molecular weight is 525 g/mol. The summed E-state index contributed by atoms with van der Waals surface area (Å²) in [6.07, 6.45) is 0.486. The Hall–Kier alpha value is -2.96. The Kier molecular flexibility index (Phi) is 5.69. The summed E-state index contributed by atoms with van der Waals surface area (Å²) >= 11 is 0. The number of carbonyl (C=O) groups excluding carboxylic acids is 2. The third-order valence-electron chi connectivity index (χ3n) is 7.54. The lowest BCUT2D eigenvalue weighted by Crippen LogP contribution is -2.66. The van der Waals surface area contributed by atoms with Gasteiger partial charge in [0.1, 0.15) is 16.3 Å². The van der Waals surface area contributed by atoms with E-state index >= 15 is 0 Å². The zero-order valence-electron chi connectivity index (χ0n) is 19.9. The first-order valence-corrected chi connectivity index (χ1v) is 13.7. The molecular formula is C23H27F3N6O3S. The van der Waals surface area contributed by atoms with Gasteiger partial charge >= 0.3 is 6.18 Å². The first-order valence-electron chi connectivity index (χ1n) is 11.7. The number of anilines is 1. The van der Waals surface area contributed by atoms with E-state index in [0.29, 0.717) is 25.9 Å². The summed E-state index contributed by atoms with van der Waals surface area (Å²) in [5.41, 5.74) is -1.70. The molecule has 2 aromatic rings. The van der Waals surface area contributed by atoms with Crippen LogP contribution in [0.15, 0.2) is 23.4 Å². The second-order valence-electron chi connectivity index (χ2n) is 10.2. The van der Waals surface area contributed by atoms with Crippen LogP contribution in [-0.2, 0) is 27.2 Å². The Bertz CT molecular complexity index is 1340. The summed E-state index contributed by atoms with van der Waals surface area (Å²) in [4.78, 5) is 30.6. The molecule has 3 aliphatic rings. The molecule has 36 heavy (non-hydrogen) atoms. The predicted octanol–water partition coefficient (Wildman–Crippen LogP) is 3.72. The van der Waals surface area contributed by atoms with Gasteiger partial charge in [-0.25, -0.2) is 14.0 Å². The van der Waals surface area contributed by atoms with Crippen molar-refractivity contribution in [3.63, 3.8) is 0 Å². The molecule has 3 heterocycles. The third kappa shape index (κ3) is 4.37. The van der Waals surface area contributed by atoms with Crippen LogP contribution in [0.25, 0.3) is 0 Å². The largest absolute Gasteiger partial charge is 0.420 e. The summed E-state index contributed by atoms with van der Waals surface area (Å²) in [5, 5.41) is 6.72. The molecule has 0 radical (unpaired) electrons. The fraction of sp³-hybridized carbons (Fsp3) is 0.565. The first-order chi connectivity index (χ1) is 16.8. The number of hydrogen-bond acceptors (Lipinski definition) is 6. The van der Waals surface area contributed by atoms with Gasteiger partial charge in [-0.05, 0) is 43.7 Å². The van der Waals surface area contributed by atoms with Crippen molar-refractivity contribution in [3.8, 4) is 0 Å². The summed E-state index contributed by atoms with van der Waals surface area (Å²) < 4.78 is 63.8. The fourth-order valence-electron chi connectivity index (χ4n) is 5.26. The van der Waals surface area contributed by atoms with Gasteiger partial charge in [-0.3, -0.25) is 14.3 Å². The van der Waals surface area contributed by atoms with Gasteiger partial charge in [0.15, 0.2) is 0 Å². The quantitative estimate of drug-likeness (QED) is 0.597. The van der Waals surface area contributed by atoms with E-state index in [4.69, 9.17) is 4.78 Å². The Morgan fingerprint density at radius 3 is 2.50 bits per heavy atom. The average Bonchev–Trinajstić information content (AvgIpc) is 3.49. The normalized spacial score (nSPS) is 22.5. The fourth-order valence-corrected chi connectivity index (χ4v) is 5.87. The molecule has 194 valence electrons. The summed E-state index contributed by atoms with van der Waals surface area (Å²) in [5.74, 6) is -1.32. The predicted molar refractivity (Wildman–Crippen MR) is 124 cm³/mol. The minimum atomic E-state index is -4.77. The molecular weight excluding hydrogens is 497 g/mol. The maximum absolute atomic E-state index is 14.3. The number of likely N-dealkylation sites (tertiary alicyclic amines) is 1. The van der Waals surface area contributed by atoms with Gasteiger partial charge in [0, 0.05) is 56.0 Å². The molecule has 9 nitrogen and oxygen atoms in total. The van der Waals surface area contributed by atoms with Crippen LogP contribution in [0.1, 0.15) is 60.3 Å². The molecule has 1 saturated heterocycles. The molecule has 1 aliphatic heterocycles. The number of nitrogens with one attached hydrogen (secondary N) is 2. The van der Waals surface area contributed by atoms with E-state index < -0.39 is 33.1 Å². The number of nitrogens with zero attached hydrogens (tertiary/aromatic N) is 4. The molecule has 3 fully saturated rings. The second kappa shape index (κ2) is 8.29. The summed E-state index contributed by atoms with van der Waals surface area (Å²) in [6, 6.07) is 2.60. The number of alkyl halides is 3. The Morgan fingerprint density at radius 2 is 1.97 bits per heavy atom. The highest BCUT2D eigenvalue weighted by Gasteiger charge is 2.56. The van der Waals surface area contributed by atoms with E-state index in [1.807, 2.05) is 0 Å². The molecule has 0 aromatic carbocycles. The molecule has 2 saturated carbocycles. The van der Waals surface area contributed by atoms with Crippen molar-refractivity contribution in [2.45, 2.75) is 56.3 Å². The van der Waals surface area contributed by atoms with Crippen molar-refractivity contribution in [3.05, 3.63) is 35.3 Å². The molecule has 5 rings (SSSR count). The van der Waals surface area contributed by atoms with Crippen molar-refractivity contribution in [2.75, 3.05) is 24.7 Å². The van der Waals surface area contributed by atoms with Gasteiger partial charge in [-0.15, -0.1) is 0 Å².